The molecular weight excluding hydrogens is 735 g/mol. The van der Waals surface area contributed by atoms with Gasteiger partial charge >= 0.3 is 277 Å². The van der Waals surface area contributed by atoms with Gasteiger partial charge < -0.3 is 0 Å². The molecule has 240 valence electrons. The van der Waals surface area contributed by atoms with Crippen LogP contribution in [-0.2, 0) is 14.2 Å². The summed E-state index contributed by atoms with van der Waals surface area (Å²) in [5, 5.41) is 0. The Labute approximate surface area is 275 Å². The fourth-order valence-electron chi connectivity index (χ4n) is 10.9. The Hall–Kier alpha value is -2.55. The van der Waals surface area contributed by atoms with E-state index in [1.54, 1.807) is 0 Å². The topological polar surface area (TPSA) is 0 Å². The van der Waals surface area contributed by atoms with Gasteiger partial charge in [0, 0.05) is 0 Å². The molecule has 4 aromatic rings. The van der Waals surface area contributed by atoms with Crippen LogP contribution in [0.2, 0.25) is 15.7 Å². The van der Waals surface area contributed by atoms with E-state index in [9.17, 15) is 0 Å². The SMILES string of the molecule is Cc1cccc(C)c1-c1cccc2c1C=C[CH]2[Hf]([CH3])([CH3])(=[SiH2])([CH]1C=Cc2c(-c3c(C)cccc3C)cccc21)([C](C)(C)C)[C](C)(C)C. The molecule has 0 nitrogen and oxygen atoms in total. The van der Waals surface area contributed by atoms with Crippen molar-refractivity contribution in [3.05, 3.63) is 129 Å². The molecule has 2 aliphatic rings. The summed E-state index contributed by atoms with van der Waals surface area (Å²) in [5.74, 6) is 0. The van der Waals surface area contributed by atoms with Crippen molar-refractivity contribution in [1.29, 1.82) is 0 Å². The second-order valence-corrected chi connectivity index (χ2v) is 94.5. The second kappa shape index (κ2) is 9.32. The number of fused-ring (bicyclic) bond motifs is 2. The summed E-state index contributed by atoms with van der Waals surface area (Å²) < 4.78 is 6.49. The van der Waals surface area contributed by atoms with Crippen LogP contribution in [0.1, 0.15) is 93.4 Å². The number of hydrogen-bond acceptors (Lipinski definition) is 0. The second-order valence-electron chi connectivity index (χ2n) is 19.3. The van der Waals surface area contributed by atoms with Crippen LogP contribution in [0.3, 0.4) is 0 Å². The zero-order chi connectivity index (χ0) is 33.8. The van der Waals surface area contributed by atoms with Crippen LogP contribution < -0.4 is 0 Å². The Balaban J connectivity index is 1.73. The number of hydrogen-bond donors (Lipinski definition) is 0. The quantitative estimate of drug-likeness (QED) is 0.181. The van der Waals surface area contributed by atoms with Gasteiger partial charge in [-0.25, -0.2) is 0 Å². The molecule has 2 unspecified atom stereocenters. The van der Waals surface area contributed by atoms with E-state index in [1.807, 2.05) is 0 Å². The minimum absolute atomic E-state index is 0.0249. The van der Waals surface area contributed by atoms with Gasteiger partial charge in [0.15, 0.2) is 0 Å². The van der Waals surface area contributed by atoms with Gasteiger partial charge in [0.2, 0.25) is 0 Å². The van der Waals surface area contributed by atoms with Crippen LogP contribution in [0.25, 0.3) is 34.4 Å². The summed E-state index contributed by atoms with van der Waals surface area (Å²) in [6, 6.07) is 27.8. The fourth-order valence-corrected chi connectivity index (χ4v) is 57.6. The molecule has 0 saturated carbocycles. The van der Waals surface area contributed by atoms with Crippen LogP contribution in [0, 0.1) is 27.7 Å². The first-order valence-corrected chi connectivity index (χ1v) is 40.6. The van der Waals surface area contributed by atoms with Crippen molar-refractivity contribution in [2.45, 2.75) is 92.3 Å². The van der Waals surface area contributed by atoms with Crippen molar-refractivity contribution in [2.75, 3.05) is 0 Å². The first kappa shape index (κ1) is 33.4. The number of aryl methyl sites for hydroxylation is 4. The normalized spacial score (nSPS) is 20.0. The molecule has 2 atom stereocenters. The Bertz CT molecular complexity index is 1960. The van der Waals surface area contributed by atoms with Gasteiger partial charge in [-0.2, -0.15) is 0 Å². The van der Waals surface area contributed by atoms with Crippen molar-refractivity contribution in [3.63, 3.8) is 0 Å². The molecule has 4 aromatic carbocycles. The van der Waals surface area contributed by atoms with Crippen molar-refractivity contribution in [1.82, 2.24) is 0 Å². The van der Waals surface area contributed by atoms with Crippen molar-refractivity contribution in [2.24, 2.45) is 0 Å². The van der Waals surface area contributed by atoms with Gasteiger partial charge in [0.05, 0.1) is 0 Å². The van der Waals surface area contributed by atoms with Crippen molar-refractivity contribution in [3.8, 4) is 22.3 Å². The predicted octanol–water partition coefficient (Wildman–Crippen LogP) is 12.9. The standard InChI is InChI=1S/2C17H15.2C4H9.2CH3.Hf.H2Si/c2*1-12-6-3-7-13(2)17(12)16-11-5-9-14-8-4-10-15(14)16;2*1-4(2)3;;;;/h2*3-11H,1-2H3;2*1-3H3;2*1H3;;1H2. The van der Waals surface area contributed by atoms with Crippen molar-refractivity contribution >= 4 is 19.1 Å². The van der Waals surface area contributed by atoms with Crippen LogP contribution >= 0.6 is 0 Å². The molecule has 0 saturated heterocycles. The first-order valence-electron chi connectivity index (χ1n) is 17.4. The summed E-state index contributed by atoms with van der Waals surface area (Å²) in [5.41, 5.74) is 16.9. The summed E-state index contributed by atoms with van der Waals surface area (Å²) >= 11 is -5.58. The molecule has 0 aromatic heterocycles. The minimum atomic E-state index is -5.58. The zero-order valence-electron chi connectivity index (χ0n) is 30.6. The van der Waals surface area contributed by atoms with E-state index in [0.29, 0.717) is 7.35 Å². The summed E-state index contributed by atoms with van der Waals surface area (Å²) in [6.07, 6.45) is 10.4. The van der Waals surface area contributed by atoms with E-state index in [2.05, 4.69) is 183 Å². The molecule has 2 aliphatic carbocycles. The third kappa shape index (κ3) is 3.49. The predicted molar refractivity (Wildman–Crippen MR) is 206 cm³/mol. The van der Waals surface area contributed by atoms with Gasteiger partial charge in [-0.05, 0) is 0 Å². The number of benzene rings is 4. The number of rotatable bonds is 4. The molecule has 0 N–H and O–H groups in total. The maximum atomic E-state index is 2.90. The Morgan fingerprint density at radius 3 is 1.11 bits per heavy atom. The molecule has 6 rings (SSSR count). The van der Waals surface area contributed by atoms with Crippen LogP contribution in [0.4, 0.5) is 0 Å². The van der Waals surface area contributed by atoms with E-state index in [1.165, 1.54) is 66.8 Å². The molecular formula is C44H56HfSi. The van der Waals surface area contributed by atoms with E-state index < -0.39 is 14.2 Å². The van der Waals surface area contributed by atoms with E-state index in [-0.39, 0.29) is 6.34 Å². The number of allylic oxidation sites excluding steroid dienone is 2. The average Bonchev–Trinajstić information content (AvgIpc) is 3.59. The molecule has 0 spiro atoms. The molecule has 0 bridgehead atoms. The summed E-state index contributed by atoms with van der Waals surface area (Å²) in [4.78, 5) is 0. The molecule has 0 radical (unpaired) electrons. The Kier molecular flexibility index (Phi) is 6.76. The van der Waals surface area contributed by atoms with Crippen molar-refractivity contribution < 1.29 is 14.2 Å². The fraction of sp³-hybridized carbons (Fsp3) is 0.364. The summed E-state index contributed by atoms with van der Waals surface area (Å²) in [6.45, 7) is 27.3. The van der Waals surface area contributed by atoms with Gasteiger partial charge in [-0.1, -0.05) is 0 Å². The van der Waals surface area contributed by atoms with Crippen LogP contribution in [0.5, 0.6) is 0 Å². The van der Waals surface area contributed by atoms with E-state index in [0.717, 1.165) is 0 Å². The third-order valence-electron chi connectivity index (χ3n) is 16.6. The molecule has 2 heteroatoms. The third-order valence-corrected chi connectivity index (χ3v) is 111. The monoisotopic (exact) mass is 792 g/mol. The van der Waals surface area contributed by atoms with Crippen LogP contribution in [-0.4, -0.2) is 6.94 Å². The van der Waals surface area contributed by atoms with Crippen LogP contribution in [0.15, 0.2) is 84.9 Å². The van der Waals surface area contributed by atoms with E-state index in [4.69, 9.17) is 0 Å². The van der Waals surface area contributed by atoms with Gasteiger partial charge in [-0.15, -0.1) is 0 Å². The molecule has 46 heavy (non-hydrogen) atoms. The molecule has 0 heterocycles. The van der Waals surface area contributed by atoms with Gasteiger partial charge in [0.1, 0.15) is 0 Å². The zero-order valence-corrected chi connectivity index (χ0v) is 35.6. The van der Waals surface area contributed by atoms with E-state index >= 15 is 0 Å². The Morgan fingerprint density at radius 2 is 0.804 bits per heavy atom. The average molecular weight is 792 g/mol. The van der Waals surface area contributed by atoms with Gasteiger partial charge in [-0.3, -0.25) is 0 Å². The summed E-state index contributed by atoms with van der Waals surface area (Å²) in [7, 11) is 0. The maximum absolute atomic E-state index is 5.58. The molecule has 0 fully saturated rings. The first-order chi connectivity index (χ1) is 21.2. The molecule has 0 amide bonds. The Morgan fingerprint density at radius 1 is 0.500 bits per heavy atom. The molecule has 0 aliphatic heterocycles. The van der Waals surface area contributed by atoms with Gasteiger partial charge in [0.25, 0.3) is 0 Å².